The third-order valence-corrected chi connectivity index (χ3v) is 9.61. The lowest BCUT2D eigenvalue weighted by atomic mass is 9.83. The molecule has 1 aromatic heterocycles. The van der Waals surface area contributed by atoms with Crippen LogP contribution in [0.15, 0.2) is 24.3 Å². The number of aromatic nitrogens is 1. The summed E-state index contributed by atoms with van der Waals surface area (Å²) in [6.07, 6.45) is 0.584. The number of piperidine rings is 1. The van der Waals surface area contributed by atoms with Crippen LogP contribution in [0.1, 0.15) is 88.9 Å². The molecule has 10 heteroatoms. The highest BCUT2D eigenvalue weighted by atomic mass is 35.5. The molecule has 2 saturated heterocycles. The van der Waals surface area contributed by atoms with E-state index in [0.29, 0.717) is 55.3 Å². The number of carbonyl (C=O) groups is 2. The van der Waals surface area contributed by atoms with E-state index in [0.717, 1.165) is 17.3 Å². The lowest BCUT2D eigenvalue weighted by molar-refractivity contribution is -0.154. The second kappa shape index (κ2) is 10.8. The van der Waals surface area contributed by atoms with E-state index in [1.807, 2.05) is 31.7 Å². The molecule has 1 N–H and O–H groups in total. The number of ether oxygens (including phenoxy) is 1. The summed E-state index contributed by atoms with van der Waals surface area (Å²) in [5.41, 5.74) is 1.09. The summed E-state index contributed by atoms with van der Waals surface area (Å²) in [6, 6.07) is 5.53. The molecule has 2 fully saturated rings. The summed E-state index contributed by atoms with van der Waals surface area (Å²) in [4.78, 5) is 35.1. The molecule has 0 bridgehead atoms. The molecule has 2 amide bonds. The van der Waals surface area contributed by atoms with Crippen molar-refractivity contribution in [1.29, 1.82) is 0 Å². The van der Waals surface area contributed by atoms with Gasteiger partial charge in [-0.1, -0.05) is 17.7 Å². The number of fused-ring (bicyclic) bond motifs is 2. The van der Waals surface area contributed by atoms with E-state index in [-0.39, 0.29) is 23.3 Å². The van der Waals surface area contributed by atoms with Crippen molar-refractivity contribution >= 4 is 23.4 Å². The zero-order valence-electron chi connectivity index (χ0n) is 25.5. The van der Waals surface area contributed by atoms with Crippen molar-refractivity contribution in [3.63, 3.8) is 0 Å². The average Bonchev–Trinajstić information content (AvgIpc) is 3.45. The van der Waals surface area contributed by atoms with Gasteiger partial charge in [-0.3, -0.25) is 19.5 Å². The summed E-state index contributed by atoms with van der Waals surface area (Å²) in [6.45, 7) is 15.3. The zero-order chi connectivity index (χ0) is 30.8. The van der Waals surface area contributed by atoms with E-state index in [4.69, 9.17) is 21.3 Å². The number of nitrogens with zero attached hydrogens (tertiary/aromatic N) is 3. The van der Waals surface area contributed by atoms with Gasteiger partial charge < -0.3 is 15.0 Å². The maximum atomic E-state index is 15.0. The van der Waals surface area contributed by atoms with Gasteiger partial charge in [0.15, 0.2) is 0 Å². The zero-order valence-corrected chi connectivity index (χ0v) is 26.2. The molecule has 1 spiro atoms. The molecule has 0 saturated carbocycles. The van der Waals surface area contributed by atoms with Gasteiger partial charge in [0.05, 0.1) is 27.9 Å². The van der Waals surface area contributed by atoms with Gasteiger partial charge in [-0.2, -0.15) is 0 Å². The van der Waals surface area contributed by atoms with Crippen LogP contribution in [0.2, 0.25) is 5.02 Å². The van der Waals surface area contributed by atoms with Crippen molar-refractivity contribution in [2.75, 3.05) is 26.2 Å². The second-order valence-electron chi connectivity index (χ2n) is 13.7. The molecule has 0 radical (unpaired) electrons. The number of hydrogen-bond donors (Lipinski definition) is 1. The predicted molar refractivity (Wildman–Crippen MR) is 157 cm³/mol. The molecule has 0 aliphatic carbocycles. The number of rotatable bonds is 4. The summed E-state index contributed by atoms with van der Waals surface area (Å²) in [5, 5.41) is 3.55. The van der Waals surface area contributed by atoms with Crippen LogP contribution < -0.4 is 5.32 Å². The third kappa shape index (κ3) is 5.55. The van der Waals surface area contributed by atoms with Crippen molar-refractivity contribution in [2.24, 2.45) is 5.92 Å². The van der Waals surface area contributed by atoms with Gasteiger partial charge in [0, 0.05) is 56.2 Å². The maximum Gasteiger partial charge on any atom is 0.227 e. The Hall–Kier alpha value is -2.62. The molecule has 42 heavy (non-hydrogen) atoms. The Morgan fingerprint density at radius 2 is 1.74 bits per heavy atom. The average molecular weight is 603 g/mol. The number of nitrogens with one attached hydrogen (secondary N) is 1. The van der Waals surface area contributed by atoms with Crippen LogP contribution in [0.3, 0.4) is 0 Å². The van der Waals surface area contributed by atoms with Crippen LogP contribution in [0, 0.1) is 24.5 Å². The molecule has 3 atom stereocenters. The lowest BCUT2D eigenvalue weighted by Crippen LogP contribution is -2.50. The molecule has 228 valence electrons. The number of pyridine rings is 1. The first-order valence-corrected chi connectivity index (χ1v) is 15.0. The van der Waals surface area contributed by atoms with E-state index in [1.165, 1.54) is 19.1 Å². The number of carbonyl (C=O) groups excluding carboxylic acids is 2. The molecule has 1 aromatic carbocycles. The monoisotopic (exact) mass is 602 g/mol. The van der Waals surface area contributed by atoms with Crippen molar-refractivity contribution in [3.8, 4) is 0 Å². The van der Waals surface area contributed by atoms with Gasteiger partial charge in [0.1, 0.15) is 23.3 Å². The van der Waals surface area contributed by atoms with Gasteiger partial charge in [-0.05, 0) is 72.1 Å². The van der Waals surface area contributed by atoms with E-state index in [1.54, 1.807) is 0 Å². The molecule has 3 aliphatic rings. The van der Waals surface area contributed by atoms with Crippen molar-refractivity contribution in [1.82, 2.24) is 20.1 Å². The Balaban J connectivity index is 1.40. The molecular weight excluding hydrogens is 562 g/mol. The first-order chi connectivity index (χ1) is 19.5. The topological polar surface area (TPSA) is 74.8 Å². The number of halogens is 3. The number of amides is 2. The Kier molecular flexibility index (Phi) is 7.95. The van der Waals surface area contributed by atoms with Crippen molar-refractivity contribution < 1.29 is 23.1 Å². The number of hydrogen-bond acceptors (Lipinski definition) is 5. The van der Waals surface area contributed by atoms with Gasteiger partial charge in [-0.25, -0.2) is 8.78 Å². The van der Waals surface area contributed by atoms with E-state index >= 15 is 0 Å². The standard InChI is InChI=1S/C32H41ClF2N4O3/c1-18-25(33)15-22-27(36-18)32(42-28(22)31(6,7)37-19(2)40)10-12-38(13-11-32)29(41)24-17-39(30(3,4)5)16-23(24)21-9-8-20(34)14-26(21)35/h8-9,14-15,23-24,28H,10-13,16-17H2,1-7H3,(H,37,40)/t23-,24?,28+/m0/s1. The van der Waals surface area contributed by atoms with Gasteiger partial charge in [-0.15, -0.1) is 0 Å². The van der Waals surface area contributed by atoms with Crippen molar-refractivity contribution in [2.45, 2.75) is 90.0 Å². The Morgan fingerprint density at radius 3 is 2.33 bits per heavy atom. The van der Waals surface area contributed by atoms with Crippen LogP contribution >= 0.6 is 11.6 Å². The predicted octanol–water partition coefficient (Wildman–Crippen LogP) is 5.64. The molecule has 7 nitrogen and oxygen atoms in total. The lowest BCUT2D eigenvalue weighted by Gasteiger charge is -2.42. The number of aryl methyl sites for hydroxylation is 1. The second-order valence-corrected chi connectivity index (χ2v) is 14.1. The molecule has 2 aromatic rings. The van der Waals surface area contributed by atoms with Gasteiger partial charge >= 0.3 is 0 Å². The van der Waals surface area contributed by atoms with Crippen LogP contribution in [0.25, 0.3) is 0 Å². The first kappa shape index (κ1) is 30.8. The van der Waals surface area contributed by atoms with E-state index in [2.05, 4.69) is 31.0 Å². The van der Waals surface area contributed by atoms with E-state index < -0.39 is 34.8 Å². The molecule has 5 rings (SSSR count). The molecular formula is C32H41ClF2N4O3. The number of likely N-dealkylation sites (tertiary alicyclic amines) is 2. The maximum absolute atomic E-state index is 15.0. The smallest absolute Gasteiger partial charge is 0.227 e. The Bertz CT molecular complexity index is 1400. The fraction of sp³-hybridized carbons (Fsp3) is 0.594. The fourth-order valence-electron chi connectivity index (χ4n) is 6.96. The quantitative estimate of drug-likeness (QED) is 0.490. The van der Waals surface area contributed by atoms with Gasteiger partial charge in [0.25, 0.3) is 0 Å². The third-order valence-electron chi connectivity index (χ3n) is 9.22. The summed E-state index contributed by atoms with van der Waals surface area (Å²) >= 11 is 6.50. The largest absolute Gasteiger partial charge is 0.358 e. The van der Waals surface area contributed by atoms with Crippen LogP contribution in [-0.2, 0) is 19.9 Å². The molecule has 4 heterocycles. The van der Waals surface area contributed by atoms with Gasteiger partial charge in [0.2, 0.25) is 11.8 Å². The Morgan fingerprint density at radius 1 is 1.07 bits per heavy atom. The SMILES string of the molecule is CC(=O)NC(C)(C)[C@@H]1OC2(CCN(C(=O)C3CN(C(C)(C)C)C[C@H]3c3ccc(F)cc3F)CC2)c2nc(C)c(Cl)cc21. The first-order valence-electron chi connectivity index (χ1n) is 14.7. The summed E-state index contributed by atoms with van der Waals surface area (Å²) in [5.74, 6) is -2.28. The normalized spacial score (nSPS) is 24.2. The molecule has 3 aliphatic heterocycles. The fourth-order valence-corrected chi connectivity index (χ4v) is 7.12. The van der Waals surface area contributed by atoms with Crippen LogP contribution in [-0.4, -0.2) is 63.9 Å². The highest BCUT2D eigenvalue weighted by Crippen LogP contribution is 2.53. The highest BCUT2D eigenvalue weighted by Gasteiger charge is 2.54. The van der Waals surface area contributed by atoms with E-state index in [9.17, 15) is 18.4 Å². The minimum atomic E-state index is -0.725. The Labute approximate surface area is 251 Å². The minimum Gasteiger partial charge on any atom is -0.358 e. The summed E-state index contributed by atoms with van der Waals surface area (Å²) < 4.78 is 35.5. The van der Waals surface area contributed by atoms with Crippen LogP contribution in [0.4, 0.5) is 8.78 Å². The van der Waals surface area contributed by atoms with Crippen molar-refractivity contribution in [3.05, 3.63) is 63.4 Å². The molecule has 1 unspecified atom stereocenters. The minimum absolute atomic E-state index is 0.0288. The number of benzene rings is 1. The van der Waals surface area contributed by atoms with Crippen LogP contribution in [0.5, 0.6) is 0 Å². The highest BCUT2D eigenvalue weighted by molar-refractivity contribution is 6.31. The summed E-state index contributed by atoms with van der Waals surface area (Å²) in [7, 11) is 0.